The molecular formula is C13H24N2OS. The summed E-state index contributed by atoms with van der Waals surface area (Å²) in [6.45, 7) is 9.41. The molecule has 0 spiro atoms. The number of ether oxygens (including phenoxy) is 1. The lowest BCUT2D eigenvalue weighted by Crippen LogP contribution is -2.35. The summed E-state index contributed by atoms with van der Waals surface area (Å²) in [5.74, 6) is 0. The molecule has 0 fully saturated rings. The highest BCUT2D eigenvalue weighted by Crippen LogP contribution is 2.16. The van der Waals surface area contributed by atoms with E-state index >= 15 is 0 Å². The molecule has 0 aromatic carbocycles. The first-order chi connectivity index (χ1) is 7.96. The Hall–Kier alpha value is -0.450. The lowest BCUT2D eigenvalue weighted by atomic mass is 10.00. The first-order valence-electron chi connectivity index (χ1n) is 6.18. The summed E-state index contributed by atoms with van der Waals surface area (Å²) >= 11 is 1.73. The van der Waals surface area contributed by atoms with E-state index in [1.807, 2.05) is 0 Å². The van der Waals surface area contributed by atoms with E-state index in [9.17, 15) is 0 Å². The second kappa shape index (κ2) is 6.47. The zero-order chi connectivity index (χ0) is 12.9. The summed E-state index contributed by atoms with van der Waals surface area (Å²) in [7, 11) is 1.76. The summed E-state index contributed by atoms with van der Waals surface area (Å²) in [6.07, 6.45) is 2.01. The molecular weight excluding hydrogens is 232 g/mol. The molecule has 1 N–H and O–H groups in total. The van der Waals surface area contributed by atoms with Crippen LogP contribution in [0.25, 0.3) is 0 Å². The molecule has 0 saturated heterocycles. The van der Waals surface area contributed by atoms with Crippen molar-refractivity contribution >= 4 is 11.3 Å². The van der Waals surface area contributed by atoms with E-state index in [-0.39, 0.29) is 5.60 Å². The molecule has 3 nitrogen and oxygen atoms in total. The summed E-state index contributed by atoms with van der Waals surface area (Å²) < 4.78 is 5.43. The van der Waals surface area contributed by atoms with Crippen LogP contribution in [-0.4, -0.2) is 23.7 Å². The number of aryl methyl sites for hydroxylation is 1. The van der Waals surface area contributed by atoms with Crippen molar-refractivity contribution in [3.05, 3.63) is 16.1 Å². The second-order valence-electron chi connectivity index (χ2n) is 5.04. The molecule has 1 aromatic heterocycles. The Bertz CT molecular complexity index is 336. The predicted molar refractivity (Wildman–Crippen MR) is 73.5 cm³/mol. The van der Waals surface area contributed by atoms with Crippen molar-refractivity contribution in [3.8, 4) is 0 Å². The predicted octanol–water partition coefficient (Wildman–Crippen LogP) is 3.00. The molecule has 0 aliphatic carbocycles. The van der Waals surface area contributed by atoms with Crippen molar-refractivity contribution in [2.75, 3.05) is 7.11 Å². The van der Waals surface area contributed by atoms with Gasteiger partial charge in [0.2, 0.25) is 0 Å². The molecule has 0 unspecified atom stereocenters. The van der Waals surface area contributed by atoms with E-state index in [0.29, 0.717) is 6.04 Å². The Kier molecular flexibility index (Phi) is 5.56. The molecule has 17 heavy (non-hydrogen) atoms. The number of aromatic nitrogens is 1. The zero-order valence-corrected chi connectivity index (χ0v) is 12.4. The monoisotopic (exact) mass is 256 g/mol. The smallest absolute Gasteiger partial charge is 0.107 e. The minimum atomic E-state index is -0.0656. The number of nitrogens with zero attached hydrogens (tertiary/aromatic N) is 1. The largest absolute Gasteiger partial charge is 0.379 e. The molecule has 0 saturated carbocycles. The van der Waals surface area contributed by atoms with E-state index in [4.69, 9.17) is 4.74 Å². The van der Waals surface area contributed by atoms with Crippen molar-refractivity contribution in [3.63, 3.8) is 0 Å². The van der Waals surface area contributed by atoms with Crippen LogP contribution in [0.15, 0.2) is 5.38 Å². The lowest BCUT2D eigenvalue weighted by Gasteiger charge is -2.26. The highest BCUT2D eigenvalue weighted by Gasteiger charge is 2.19. The van der Waals surface area contributed by atoms with Gasteiger partial charge in [-0.15, -0.1) is 11.3 Å². The minimum absolute atomic E-state index is 0.0656. The van der Waals surface area contributed by atoms with E-state index in [1.54, 1.807) is 18.4 Å². The molecule has 0 aliphatic rings. The molecule has 98 valence electrons. The van der Waals surface area contributed by atoms with Gasteiger partial charge in [-0.1, -0.05) is 6.92 Å². The quantitative estimate of drug-likeness (QED) is 0.814. The summed E-state index contributed by atoms with van der Waals surface area (Å²) in [5, 5.41) is 6.80. The van der Waals surface area contributed by atoms with Crippen molar-refractivity contribution in [1.29, 1.82) is 0 Å². The average Bonchev–Trinajstić information content (AvgIpc) is 2.74. The topological polar surface area (TPSA) is 34.1 Å². The summed E-state index contributed by atoms with van der Waals surface area (Å²) in [4.78, 5) is 4.54. The van der Waals surface area contributed by atoms with E-state index in [0.717, 1.165) is 19.4 Å². The van der Waals surface area contributed by atoms with Crippen LogP contribution in [0.2, 0.25) is 0 Å². The Morgan fingerprint density at radius 1 is 1.53 bits per heavy atom. The van der Waals surface area contributed by atoms with Gasteiger partial charge in [0.1, 0.15) is 5.01 Å². The van der Waals surface area contributed by atoms with Gasteiger partial charge in [0, 0.05) is 25.1 Å². The minimum Gasteiger partial charge on any atom is -0.379 e. The van der Waals surface area contributed by atoms with Gasteiger partial charge in [-0.25, -0.2) is 4.98 Å². The molecule has 0 amide bonds. The van der Waals surface area contributed by atoms with E-state index in [1.165, 1.54) is 10.7 Å². The van der Waals surface area contributed by atoms with Crippen LogP contribution < -0.4 is 5.32 Å². The highest BCUT2D eigenvalue weighted by molar-refractivity contribution is 7.09. The van der Waals surface area contributed by atoms with Crippen molar-refractivity contribution in [1.82, 2.24) is 10.3 Å². The normalized spacial score (nSPS) is 13.9. The zero-order valence-electron chi connectivity index (χ0n) is 11.5. The van der Waals surface area contributed by atoms with Crippen LogP contribution in [0, 0.1) is 0 Å². The second-order valence-corrected chi connectivity index (χ2v) is 5.98. The van der Waals surface area contributed by atoms with E-state index in [2.05, 4.69) is 43.4 Å². The third kappa shape index (κ3) is 5.15. The number of methoxy groups -OCH3 is 1. The van der Waals surface area contributed by atoms with Crippen molar-refractivity contribution < 1.29 is 4.74 Å². The molecule has 1 heterocycles. The Balaban J connectivity index is 2.35. The Morgan fingerprint density at radius 3 is 2.76 bits per heavy atom. The fraction of sp³-hybridized carbons (Fsp3) is 0.769. The van der Waals surface area contributed by atoms with Crippen LogP contribution in [0.1, 0.15) is 44.8 Å². The fourth-order valence-electron chi connectivity index (χ4n) is 1.75. The molecule has 1 aromatic rings. The van der Waals surface area contributed by atoms with Gasteiger partial charge in [-0.05, 0) is 33.6 Å². The molecule has 1 rings (SSSR count). The number of hydrogen-bond acceptors (Lipinski definition) is 4. The van der Waals surface area contributed by atoms with Crippen LogP contribution in [0.5, 0.6) is 0 Å². The van der Waals surface area contributed by atoms with Crippen molar-refractivity contribution in [2.24, 2.45) is 0 Å². The maximum absolute atomic E-state index is 5.43. The molecule has 0 radical (unpaired) electrons. The molecule has 0 bridgehead atoms. The van der Waals surface area contributed by atoms with Crippen LogP contribution in [0.4, 0.5) is 0 Å². The number of hydrogen-bond donors (Lipinski definition) is 1. The van der Waals surface area contributed by atoms with Crippen LogP contribution in [0.3, 0.4) is 0 Å². The van der Waals surface area contributed by atoms with Gasteiger partial charge < -0.3 is 10.1 Å². The third-order valence-corrected chi connectivity index (χ3v) is 3.81. The SMILES string of the molecule is CCc1csc(CN[C@H](C)CC(C)(C)OC)n1. The molecule has 1 atom stereocenters. The highest BCUT2D eigenvalue weighted by atomic mass is 32.1. The number of rotatable bonds is 7. The van der Waals surface area contributed by atoms with Gasteiger partial charge in [0.25, 0.3) is 0 Å². The maximum Gasteiger partial charge on any atom is 0.107 e. The Labute approximate surface area is 109 Å². The average molecular weight is 256 g/mol. The van der Waals surface area contributed by atoms with Gasteiger partial charge in [-0.2, -0.15) is 0 Å². The van der Waals surface area contributed by atoms with Crippen molar-refractivity contribution in [2.45, 2.75) is 58.7 Å². The van der Waals surface area contributed by atoms with Gasteiger partial charge in [-0.3, -0.25) is 0 Å². The van der Waals surface area contributed by atoms with Gasteiger partial charge >= 0.3 is 0 Å². The summed E-state index contributed by atoms with van der Waals surface area (Å²) in [6, 6.07) is 0.430. The third-order valence-electron chi connectivity index (χ3n) is 2.91. The number of nitrogens with one attached hydrogen (secondary N) is 1. The lowest BCUT2D eigenvalue weighted by molar-refractivity contribution is 0.00844. The van der Waals surface area contributed by atoms with Crippen LogP contribution >= 0.6 is 11.3 Å². The maximum atomic E-state index is 5.43. The molecule has 4 heteroatoms. The van der Waals surface area contributed by atoms with Gasteiger partial charge in [0.05, 0.1) is 11.3 Å². The Morgan fingerprint density at radius 2 is 2.24 bits per heavy atom. The standard InChI is InChI=1S/C13H24N2OS/c1-6-11-9-17-12(15-11)8-14-10(2)7-13(3,4)16-5/h9-10,14H,6-8H2,1-5H3/t10-/m1/s1. The first kappa shape index (κ1) is 14.6. The van der Waals surface area contributed by atoms with Gasteiger partial charge in [0.15, 0.2) is 0 Å². The number of thiazole rings is 1. The first-order valence-corrected chi connectivity index (χ1v) is 7.06. The van der Waals surface area contributed by atoms with E-state index < -0.39 is 0 Å². The summed E-state index contributed by atoms with van der Waals surface area (Å²) in [5.41, 5.74) is 1.13. The molecule has 0 aliphatic heterocycles. The fourth-order valence-corrected chi connectivity index (χ4v) is 2.57. The van der Waals surface area contributed by atoms with Crippen LogP contribution in [-0.2, 0) is 17.7 Å².